The predicted octanol–water partition coefficient (Wildman–Crippen LogP) is 3.09. The van der Waals surface area contributed by atoms with Crippen LogP contribution < -0.4 is 0 Å². The van der Waals surface area contributed by atoms with E-state index >= 15 is 0 Å². The summed E-state index contributed by atoms with van der Waals surface area (Å²) < 4.78 is 0. The fourth-order valence-electron chi connectivity index (χ4n) is 1.87. The molecule has 23 heavy (non-hydrogen) atoms. The number of benzene rings is 2. The second-order valence-electron chi connectivity index (χ2n) is 5.07. The number of hydrogen-bond donors (Lipinski definition) is 4. The molecule has 0 aliphatic carbocycles. The van der Waals surface area contributed by atoms with Crippen LogP contribution in [0.2, 0.25) is 0 Å². The molecule has 2 unspecified atom stereocenters. The van der Waals surface area contributed by atoms with Crippen molar-refractivity contribution in [3.05, 3.63) is 48.5 Å². The van der Waals surface area contributed by atoms with Crippen molar-refractivity contribution in [1.82, 2.24) is 0 Å². The molecule has 0 saturated heterocycles. The number of phenols is 2. The molecule has 0 radical (unpaired) electrons. The lowest BCUT2D eigenvalue weighted by atomic mass is 10.2. The van der Waals surface area contributed by atoms with Crippen LogP contribution in [0.15, 0.2) is 58.3 Å². The third-order valence-corrected chi connectivity index (χ3v) is 5.38. The monoisotopic (exact) mass is 352 g/mol. The van der Waals surface area contributed by atoms with Gasteiger partial charge >= 0.3 is 0 Å². The van der Waals surface area contributed by atoms with E-state index in [2.05, 4.69) is 0 Å². The highest BCUT2D eigenvalue weighted by Crippen LogP contribution is 2.24. The highest BCUT2D eigenvalue weighted by Gasteiger charge is 2.16. The molecule has 2 aromatic rings. The zero-order chi connectivity index (χ0) is 16.7. The molecule has 0 amide bonds. The molecule has 4 nitrogen and oxygen atoms in total. The number of aromatic hydroxyl groups is 2. The summed E-state index contributed by atoms with van der Waals surface area (Å²) in [6.07, 6.45) is -1.08. The molecule has 6 heteroatoms. The summed E-state index contributed by atoms with van der Waals surface area (Å²) in [6.45, 7) is 0. The molecule has 0 fully saturated rings. The summed E-state index contributed by atoms with van der Waals surface area (Å²) in [5.74, 6) is 1.53. The van der Waals surface area contributed by atoms with Crippen molar-refractivity contribution in [1.29, 1.82) is 0 Å². The van der Waals surface area contributed by atoms with Gasteiger partial charge in [0.1, 0.15) is 11.5 Å². The van der Waals surface area contributed by atoms with Gasteiger partial charge in [0.25, 0.3) is 0 Å². The first-order chi connectivity index (χ1) is 11.0. The Labute approximate surface area is 144 Å². The summed E-state index contributed by atoms with van der Waals surface area (Å²) in [5.41, 5.74) is 0. The van der Waals surface area contributed by atoms with Crippen LogP contribution in [0, 0.1) is 0 Å². The van der Waals surface area contributed by atoms with Gasteiger partial charge in [0, 0.05) is 21.3 Å². The molecular weight excluding hydrogens is 332 g/mol. The molecular formula is C17H20O4S2. The normalized spacial score (nSPS) is 13.7. The molecule has 0 spiro atoms. The summed E-state index contributed by atoms with van der Waals surface area (Å²) in [7, 11) is 0. The van der Waals surface area contributed by atoms with Gasteiger partial charge in [-0.1, -0.05) is 0 Å². The van der Waals surface area contributed by atoms with Crippen LogP contribution in [0.4, 0.5) is 0 Å². The van der Waals surface area contributed by atoms with Gasteiger partial charge < -0.3 is 20.4 Å². The Morgan fingerprint density at radius 2 is 1.17 bits per heavy atom. The molecule has 0 heterocycles. The minimum Gasteiger partial charge on any atom is -0.508 e. The minimum absolute atomic E-state index is 0.209. The van der Waals surface area contributed by atoms with Crippen molar-refractivity contribution in [2.75, 3.05) is 11.5 Å². The van der Waals surface area contributed by atoms with Crippen LogP contribution >= 0.6 is 23.5 Å². The quantitative estimate of drug-likeness (QED) is 0.547. The van der Waals surface area contributed by atoms with Crippen LogP contribution in [0.25, 0.3) is 0 Å². The minimum atomic E-state index is -0.797. The second-order valence-corrected chi connectivity index (χ2v) is 7.33. The van der Waals surface area contributed by atoms with Crippen LogP contribution in [-0.2, 0) is 0 Å². The average Bonchev–Trinajstić information content (AvgIpc) is 2.55. The van der Waals surface area contributed by atoms with Gasteiger partial charge in [0.15, 0.2) is 0 Å². The Morgan fingerprint density at radius 3 is 1.70 bits per heavy atom. The maximum atomic E-state index is 10.0. The van der Waals surface area contributed by atoms with Gasteiger partial charge in [-0.15, -0.1) is 23.5 Å². The molecule has 2 atom stereocenters. The predicted molar refractivity (Wildman–Crippen MR) is 94.3 cm³/mol. The third-order valence-electron chi connectivity index (χ3n) is 3.22. The summed E-state index contributed by atoms with van der Waals surface area (Å²) >= 11 is 3.02. The largest absolute Gasteiger partial charge is 0.508 e. The zero-order valence-corrected chi connectivity index (χ0v) is 14.1. The smallest absolute Gasteiger partial charge is 0.115 e. The maximum absolute atomic E-state index is 10.0. The van der Waals surface area contributed by atoms with Crippen molar-refractivity contribution in [3.8, 4) is 11.5 Å². The van der Waals surface area contributed by atoms with Gasteiger partial charge in [0.05, 0.1) is 12.2 Å². The number of hydrogen-bond acceptors (Lipinski definition) is 6. The summed E-state index contributed by atoms with van der Waals surface area (Å²) in [6, 6.07) is 13.6. The number of rotatable bonds is 8. The van der Waals surface area contributed by atoms with E-state index in [4.69, 9.17) is 0 Å². The Hall–Kier alpha value is -1.34. The molecule has 0 bridgehead atoms. The number of thioether (sulfide) groups is 2. The van der Waals surface area contributed by atoms with E-state index in [0.717, 1.165) is 9.79 Å². The van der Waals surface area contributed by atoms with Crippen LogP contribution in [0.1, 0.15) is 6.42 Å². The van der Waals surface area contributed by atoms with E-state index in [1.807, 2.05) is 12.1 Å². The summed E-state index contributed by atoms with van der Waals surface area (Å²) in [5, 5.41) is 38.4. The van der Waals surface area contributed by atoms with Gasteiger partial charge in [-0.25, -0.2) is 0 Å². The fraction of sp³-hybridized carbons (Fsp3) is 0.294. The highest BCUT2D eigenvalue weighted by molar-refractivity contribution is 7.99. The first-order valence-corrected chi connectivity index (χ1v) is 9.21. The Morgan fingerprint density at radius 1 is 0.696 bits per heavy atom. The van der Waals surface area contributed by atoms with Crippen molar-refractivity contribution in [2.24, 2.45) is 0 Å². The fourth-order valence-corrected chi connectivity index (χ4v) is 3.70. The first kappa shape index (κ1) is 18.0. The van der Waals surface area contributed by atoms with E-state index in [1.165, 1.54) is 11.8 Å². The van der Waals surface area contributed by atoms with Gasteiger partial charge in [0.2, 0.25) is 0 Å². The van der Waals surface area contributed by atoms with Crippen molar-refractivity contribution in [3.63, 3.8) is 0 Å². The van der Waals surface area contributed by atoms with Crippen LogP contribution in [0.3, 0.4) is 0 Å². The SMILES string of the molecule is Oc1ccc(SCCC(O)C(O)CSc2ccc(O)cc2)cc1. The van der Waals surface area contributed by atoms with Gasteiger partial charge in [-0.05, 0) is 55.0 Å². The molecule has 124 valence electrons. The molecule has 0 saturated carbocycles. The molecule has 0 aromatic heterocycles. The second kappa shape index (κ2) is 9.08. The molecule has 0 aliphatic heterocycles. The molecule has 4 N–H and O–H groups in total. The van der Waals surface area contributed by atoms with E-state index in [1.54, 1.807) is 48.2 Å². The van der Waals surface area contributed by atoms with E-state index < -0.39 is 12.2 Å². The lowest BCUT2D eigenvalue weighted by molar-refractivity contribution is 0.0330. The van der Waals surface area contributed by atoms with Crippen LogP contribution in [0.5, 0.6) is 11.5 Å². The third kappa shape index (κ3) is 6.35. The van der Waals surface area contributed by atoms with Crippen LogP contribution in [-0.4, -0.2) is 44.1 Å². The van der Waals surface area contributed by atoms with Gasteiger partial charge in [-0.2, -0.15) is 0 Å². The van der Waals surface area contributed by atoms with Gasteiger partial charge in [-0.3, -0.25) is 0 Å². The van der Waals surface area contributed by atoms with Crippen molar-refractivity contribution < 1.29 is 20.4 Å². The lowest BCUT2D eigenvalue weighted by Crippen LogP contribution is -2.28. The first-order valence-electron chi connectivity index (χ1n) is 7.24. The van der Waals surface area contributed by atoms with E-state index in [0.29, 0.717) is 17.9 Å². The molecule has 0 aliphatic rings. The van der Waals surface area contributed by atoms with E-state index in [-0.39, 0.29) is 11.5 Å². The van der Waals surface area contributed by atoms with Crippen molar-refractivity contribution in [2.45, 2.75) is 28.4 Å². The number of aliphatic hydroxyl groups is 2. The average molecular weight is 352 g/mol. The topological polar surface area (TPSA) is 80.9 Å². The Balaban J connectivity index is 1.68. The lowest BCUT2D eigenvalue weighted by Gasteiger charge is -2.17. The maximum Gasteiger partial charge on any atom is 0.115 e. The highest BCUT2D eigenvalue weighted by atomic mass is 32.2. The molecule has 2 rings (SSSR count). The Bertz CT molecular complexity index is 587. The van der Waals surface area contributed by atoms with E-state index in [9.17, 15) is 20.4 Å². The zero-order valence-electron chi connectivity index (χ0n) is 12.5. The number of phenolic OH excluding ortho intramolecular Hbond substituents is 2. The number of aliphatic hydroxyl groups excluding tert-OH is 2. The molecule has 2 aromatic carbocycles. The Kier molecular flexibility index (Phi) is 7.11. The standard InChI is InChI=1S/C17H20O4S2/c18-12-1-5-14(6-2-12)22-10-9-16(20)17(21)11-23-15-7-3-13(19)4-8-15/h1-8,16-21H,9-11H2. The van der Waals surface area contributed by atoms with Crippen molar-refractivity contribution >= 4 is 23.5 Å². The summed E-state index contributed by atoms with van der Waals surface area (Å²) in [4.78, 5) is 1.95.